The van der Waals surface area contributed by atoms with E-state index in [4.69, 9.17) is 0 Å². The van der Waals surface area contributed by atoms with Crippen LogP contribution in [0.5, 0.6) is 0 Å². The van der Waals surface area contributed by atoms with E-state index in [1.807, 2.05) is 30.3 Å². The Morgan fingerprint density at radius 1 is 1.19 bits per heavy atom. The van der Waals surface area contributed by atoms with Crippen LogP contribution < -0.4 is 11.1 Å². The number of nitrogens with zero attached hydrogens (tertiary/aromatic N) is 5. The lowest BCUT2D eigenvalue weighted by molar-refractivity contribution is -0.144. The lowest BCUT2D eigenvalue weighted by Gasteiger charge is -2.10. The first-order valence-corrected chi connectivity index (χ1v) is 8.40. The van der Waals surface area contributed by atoms with Crippen LogP contribution in [0.1, 0.15) is 15.5 Å². The molecule has 0 atom stereocenters. The molecule has 0 bridgehead atoms. The highest BCUT2D eigenvalue weighted by molar-refractivity contribution is 7.14. The summed E-state index contributed by atoms with van der Waals surface area (Å²) in [6.07, 6.45) is 1.00. The molecule has 0 fully saturated rings. The predicted octanol–water partition coefficient (Wildman–Crippen LogP) is 0.847. The molecule has 140 valence electrons. The van der Waals surface area contributed by atoms with E-state index >= 15 is 0 Å². The third-order valence-electron chi connectivity index (χ3n) is 3.38. The molecule has 3 N–H and O–H groups in total. The minimum absolute atomic E-state index is 0.0909. The van der Waals surface area contributed by atoms with Gasteiger partial charge in [0.15, 0.2) is 5.69 Å². The van der Waals surface area contributed by atoms with Crippen molar-refractivity contribution in [3.8, 4) is 10.6 Å². The van der Waals surface area contributed by atoms with E-state index in [2.05, 4.69) is 31.6 Å². The quantitative estimate of drug-likeness (QED) is 0.612. The van der Waals surface area contributed by atoms with Crippen molar-refractivity contribution in [2.75, 3.05) is 0 Å². The van der Waals surface area contributed by atoms with Crippen molar-refractivity contribution in [2.45, 2.75) is 19.0 Å². The number of hydrogen-bond acceptors (Lipinski definition) is 7. The maximum Gasteiger partial charge on any atom is 0.343 e. The van der Waals surface area contributed by atoms with Gasteiger partial charge < -0.3 is 11.1 Å². The highest BCUT2D eigenvalue weighted by Gasteiger charge is 2.37. The number of amides is 2. The molecule has 0 spiro atoms. The number of aromatic nitrogens is 5. The van der Waals surface area contributed by atoms with Crippen molar-refractivity contribution in [1.29, 1.82) is 0 Å². The molecule has 9 nitrogen and oxygen atoms in total. The molecule has 0 aliphatic heterocycles. The van der Waals surface area contributed by atoms with Crippen LogP contribution in [-0.2, 0) is 17.9 Å². The fourth-order valence-electron chi connectivity index (χ4n) is 2.03. The summed E-state index contributed by atoms with van der Waals surface area (Å²) in [7, 11) is 0. The lowest BCUT2D eigenvalue weighted by atomic mass is 10.2. The summed E-state index contributed by atoms with van der Waals surface area (Å²) in [5, 5.41) is 18.8. The van der Waals surface area contributed by atoms with Crippen molar-refractivity contribution in [3.63, 3.8) is 0 Å². The van der Waals surface area contributed by atoms with Crippen LogP contribution in [0.25, 0.3) is 10.6 Å². The molecule has 27 heavy (non-hydrogen) atoms. The Morgan fingerprint density at radius 3 is 2.63 bits per heavy atom. The fourth-order valence-corrected chi connectivity index (χ4v) is 2.81. The number of nitrogens with two attached hydrogens (primary N) is 1. The molecular weight excluding hydrogens is 380 g/mol. The highest BCUT2D eigenvalue weighted by atomic mass is 32.1. The van der Waals surface area contributed by atoms with E-state index in [-0.39, 0.29) is 12.2 Å². The van der Waals surface area contributed by atoms with E-state index in [0.717, 1.165) is 11.8 Å². The van der Waals surface area contributed by atoms with Gasteiger partial charge in [-0.3, -0.25) is 9.59 Å². The number of rotatable bonds is 7. The molecule has 12 heteroatoms. The van der Waals surface area contributed by atoms with Gasteiger partial charge in [-0.15, -0.1) is 15.3 Å². The molecular formula is C15H13F2N7O2S. The normalized spacial score (nSPS) is 11.3. The van der Waals surface area contributed by atoms with Gasteiger partial charge in [0, 0.05) is 5.56 Å². The van der Waals surface area contributed by atoms with Crippen molar-refractivity contribution in [1.82, 2.24) is 30.5 Å². The number of benzene rings is 1. The summed E-state index contributed by atoms with van der Waals surface area (Å²) < 4.78 is 27.2. The molecule has 0 unspecified atom stereocenters. The van der Waals surface area contributed by atoms with E-state index in [9.17, 15) is 18.4 Å². The number of carbonyl (C=O) groups excluding carboxylic acids is 2. The molecule has 3 aromatic rings. The van der Waals surface area contributed by atoms with E-state index in [1.54, 1.807) is 0 Å². The van der Waals surface area contributed by atoms with Crippen molar-refractivity contribution in [2.24, 2.45) is 5.73 Å². The number of primary amides is 1. The number of nitrogens with one attached hydrogen (secondary N) is 1. The molecule has 1 aromatic carbocycles. The zero-order valence-corrected chi connectivity index (χ0v) is 14.5. The maximum absolute atomic E-state index is 13.3. The average Bonchev–Trinajstić information content (AvgIpc) is 3.29. The van der Waals surface area contributed by atoms with Crippen LogP contribution in [0, 0.1) is 0 Å². The van der Waals surface area contributed by atoms with Gasteiger partial charge in [0.1, 0.15) is 16.6 Å². The Kier molecular flexibility index (Phi) is 5.16. The van der Waals surface area contributed by atoms with Crippen LogP contribution in [0.4, 0.5) is 8.78 Å². The Morgan fingerprint density at radius 2 is 1.93 bits per heavy atom. The van der Waals surface area contributed by atoms with Gasteiger partial charge >= 0.3 is 5.92 Å². The van der Waals surface area contributed by atoms with Crippen LogP contribution in [0.3, 0.4) is 0 Å². The lowest BCUT2D eigenvalue weighted by Crippen LogP contribution is -2.39. The zero-order chi connectivity index (χ0) is 19.4. The molecule has 0 aliphatic rings. The average molecular weight is 393 g/mol. The SMILES string of the molecule is NC(=O)C(F)(F)Cn1cc(C(=O)NCc2nnc(-c3ccccc3)s2)nn1. The van der Waals surface area contributed by atoms with Gasteiger partial charge in [0.05, 0.1) is 12.7 Å². The Bertz CT molecular complexity index is 958. The second kappa shape index (κ2) is 7.53. The first-order valence-electron chi connectivity index (χ1n) is 7.59. The number of hydrogen-bond donors (Lipinski definition) is 2. The molecule has 0 aliphatic carbocycles. The van der Waals surface area contributed by atoms with Gasteiger partial charge in [-0.05, 0) is 0 Å². The molecule has 2 heterocycles. The summed E-state index contributed by atoms with van der Waals surface area (Å²) in [6, 6.07) is 9.43. The van der Waals surface area contributed by atoms with Crippen molar-refractivity contribution < 1.29 is 18.4 Å². The monoisotopic (exact) mass is 393 g/mol. The third-order valence-corrected chi connectivity index (χ3v) is 4.35. The summed E-state index contributed by atoms with van der Waals surface area (Å²) in [4.78, 5) is 22.7. The molecule has 0 saturated heterocycles. The topological polar surface area (TPSA) is 129 Å². The zero-order valence-electron chi connectivity index (χ0n) is 13.7. The Labute approximate surface area is 155 Å². The van der Waals surface area contributed by atoms with Gasteiger partial charge in [-0.25, -0.2) is 4.68 Å². The molecule has 0 saturated carbocycles. The van der Waals surface area contributed by atoms with E-state index in [1.165, 1.54) is 11.3 Å². The minimum Gasteiger partial charge on any atom is -0.364 e. The Balaban J connectivity index is 1.59. The second-order valence-corrected chi connectivity index (χ2v) is 6.48. The third kappa shape index (κ3) is 4.47. The van der Waals surface area contributed by atoms with Crippen LogP contribution in [-0.4, -0.2) is 42.9 Å². The van der Waals surface area contributed by atoms with Crippen molar-refractivity contribution >= 4 is 23.2 Å². The van der Waals surface area contributed by atoms with E-state index in [0.29, 0.717) is 14.7 Å². The summed E-state index contributed by atoms with van der Waals surface area (Å²) >= 11 is 1.31. The molecule has 2 amide bonds. The largest absolute Gasteiger partial charge is 0.364 e. The fraction of sp³-hybridized carbons (Fsp3) is 0.200. The van der Waals surface area contributed by atoms with Gasteiger partial charge in [-0.1, -0.05) is 46.9 Å². The van der Waals surface area contributed by atoms with Crippen LogP contribution >= 0.6 is 11.3 Å². The van der Waals surface area contributed by atoms with Crippen LogP contribution in [0.2, 0.25) is 0 Å². The first-order chi connectivity index (χ1) is 12.8. The summed E-state index contributed by atoms with van der Waals surface area (Å²) in [5.74, 6) is -6.20. The maximum atomic E-state index is 13.3. The molecule has 2 aromatic heterocycles. The number of carbonyl (C=O) groups is 2. The molecule has 3 rings (SSSR count). The first kappa shape index (κ1) is 18.5. The van der Waals surface area contributed by atoms with Gasteiger partial charge in [-0.2, -0.15) is 8.78 Å². The van der Waals surface area contributed by atoms with E-state index < -0.39 is 24.3 Å². The minimum atomic E-state index is -3.79. The summed E-state index contributed by atoms with van der Waals surface area (Å²) in [5.41, 5.74) is 5.33. The smallest absolute Gasteiger partial charge is 0.343 e. The number of alkyl halides is 2. The van der Waals surface area contributed by atoms with Crippen LogP contribution in [0.15, 0.2) is 36.5 Å². The number of halogens is 2. The molecule has 0 radical (unpaired) electrons. The predicted molar refractivity (Wildman–Crippen MR) is 90.7 cm³/mol. The Hall–Kier alpha value is -3.28. The second-order valence-electron chi connectivity index (χ2n) is 5.42. The summed E-state index contributed by atoms with van der Waals surface area (Å²) in [6.45, 7) is -1.01. The van der Waals surface area contributed by atoms with Gasteiger partial charge in [0.25, 0.3) is 11.8 Å². The highest BCUT2D eigenvalue weighted by Crippen LogP contribution is 2.22. The standard InChI is InChI=1S/C15H13F2N7O2S/c16-15(17,14(18)26)8-24-7-10(20-23-24)12(25)19-6-11-21-22-13(27-11)9-4-2-1-3-5-9/h1-5,7H,6,8H2,(H2,18,26)(H,19,25). The van der Waals surface area contributed by atoms with Gasteiger partial charge in [0.2, 0.25) is 0 Å². The van der Waals surface area contributed by atoms with Crippen molar-refractivity contribution in [3.05, 3.63) is 47.2 Å².